The quantitative estimate of drug-likeness (QED) is 0.716. The van der Waals surface area contributed by atoms with Crippen LogP contribution in [0.25, 0.3) is 0 Å². The number of hydrogen-bond acceptors (Lipinski definition) is 4. The lowest BCUT2D eigenvalue weighted by atomic mass is 10.7. The SMILES string of the molecule is CCn1ccnc1NCCS(=O)(=O)NC. The van der Waals surface area contributed by atoms with Crippen LogP contribution in [0.4, 0.5) is 5.95 Å². The normalized spacial score (nSPS) is 11.6. The first-order chi connectivity index (χ1) is 7.09. The first-order valence-electron chi connectivity index (χ1n) is 4.75. The highest BCUT2D eigenvalue weighted by Crippen LogP contribution is 2.02. The minimum absolute atomic E-state index is 0.0417. The van der Waals surface area contributed by atoms with Crippen molar-refractivity contribution in [3.8, 4) is 0 Å². The van der Waals surface area contributed by atoms with E-state index in [-0.39, 0.29) is 5.75 Å². The van der Waals surface area contributed by atoms with E-state index in [1.807, 2.05) is 17.7 Å². The largest absolute Gasteiger partial charge is 0.355 e. The Morgan fingerprint density at radius 3 is 2.87 bits per heavy atom. The first kappa shape index (κ1) is 12.0. The number of aryl methyl sites for hydroxylation is 1. The molecule has 86 valence electrons. The predicted molar refractivity (Wildman–Crippen MR) is 59.2 cm³/mol. The van der Waals surface area contributed by atoms with Gasteiger partial charge in [0.15, 0.2) is 0 Å². The molecule has 6 nitrogen and oxygen atoms in total. The third kappa shape index (κ3) is 3.52. The fourth-order valence-corrected chi connectivity index (χ4v) is 1.71. The number of anilines is 1. The van der Waals surface area contributed by atoms with Crippen molar-refractivity contribution in [2.75, 3.05) is 24.7 Å². The summed E-state index contributed by atoms with van der Waals surface area (Å²) in [6.07, 6.45) is 3.52. The molecule has 7 heteroatoms. The third-order valence-electron chi connectivity index (χ3n) is 2.02. The van der Waals surface area contributed by atoms with E-state index in [4.69, 9.17) is 0 Å². The van der Waals surface area contributed by atoms with Crippen molar-refractivity contribution in [1.29, 1.82) is 0 Å². The van der Waals surface area contributed by atoms with Gasteiger partial charge < -0.3 is 9.88 Å². The van der Waals surface area contributed by atoms with Gasteiger partial charge in [-0.2, -0.15) is 0 Å². The summed E-state index contributed by atoms with van der Waals surface area (Å²) in [6, 6.07) is 0. The summed E-state index contributed by atoms with van der Waals surface area (Å²) in [5, 5.41) is 2.97. The van der Waals surface area contributed by atoms with Crippen LogP contribution in [0, 0.1) is 0 Å². The first-order valence-corrected chi connectivity index (χ1v) is 6.40. The van der Waals surface area contributed by atoms with E-state index >= 15 is 0 Å². The molecule has 15 heavy (non-hydrogen) atoms. The lowest BCUT2D eigenvalue weighted by molar-refractivity contribution is 0.588. The predicted octanol–water partition coefficient (Wildman–Crippen LogP) is -0.136. The molecule has 0 atom stereocenters. The van der Waals surface area contributed by atoms with Crippen molar-refractivity contribution in [3.05, 3.63) is 12.4 Å². The second kappa shape index (κ2) is 5.13. The summed E-state index contributed by atoms with van der Waals surface area (Å²) in [7, 11) is -1.74. The molecule has 0 radical (unpaired) electrons. The molecule has 1 aromatic rings. The molecule has 0 aromatic carbocycles. The third-order valence-corrected chi connectivity index (χ3v) is 3.38. The number of rotatable bonds is 6. The molecule has 1 aromatic heterocycles. The van der Waals surface area contributed by atoms with Gasteiger partial charge in [-0.05, 0) is 14.0 Å². The molecule has 2 N–H and O–H groups in total. The highest BCUT2D eigenvalue weighted by molar-refractivity contribution is 7.89. The van der Waals surface area contributed by atoms with Gasteiger partial charge in [0.25, 0.3) is 0 Å². The molecule has 1 rings (SSSR count). The molecule has 0 aliphatic carbocycles. The smallest absolute Gasteiger partial charge is 0.213 e. The summed E-state index contributed by atoms with van der Waals surface area (Å²) in [4.78, 5) is 4.07. The number of hydrogen-bond donors (Lipinski definition) is 2. The lowest BCUT2D eigenvalue weighted by Crippen LogP contribution is -2.26. The number of nitrogens with one attached hydrogen (secondary N) is 2. The molecule has 0 spiro atoms. The van der Waals surface area contributed by atoms with Crippen LogP contribution >= 0.6 is 0 Å². The van der Waals surface area contributed by atoms with Crippen molar-refractivity contribution in [3.63, 3.8) is 0 Å². The zero-order valence-corrected chi connectivity index (χ0v) is 9.71. The minimum Gasteiger partial charge on any atom is -0.355 e. The molecule has 0 fully saturated rings. The van der Waals surface area contributed by atoms with Gasteiger partial charge in [-0.25, -0.2) is 18.1 Å². The second-order valence-corrected chi connectivity index (χ2v) is 5.03. The van der Waals surface area contributed by atoms with Crippen LogP contribution < -0.4 is 10.0 Å². The van der Waals surface area contributed by atoms with E-state index in [1.165, 1.54) is 7.05 Å². The maximum absolute atomic E-state index is 11.1. The molecule has 0 saturated carbocycles. The summed E-state index contributed by atoms with van der Waals surface area (Å²) < 4.78 is 26.4. The highest BCUT2D eigenvalue weighted by Gasteiger charge is 2.07. The van der Waals surface area contributed by atoms with Crippen LogP contribution in [0.15, 0.2) is 12.4 Å². The maximum atomic E-state index is 11.1. The van der Waals surface area contributed by atoms with Crippen molar-refractivity contribution < 1.29 is 8.42 Å². The van der Waals surface area contributed by atoms with Crippen LogP contribution in [-0.4, -0.2) is 37.3 Å². The van der Waals surface area contributed by atoms with Crippen molar-refractivity contribution in [1.82, 2.24) is 14.3 Å². The van der Waals surface area contributed by atoms with E-state index in [2.05, 4.69) is 15.0 Å². The number of imidazole rings is 1. The van der Waals surface area contributed by atoms with Crippen molar-refractivity contribution >= 4 is 16.0 Å². The van der Waals surface area contributed by atoms with Crippen LogP contribution in [0.5, 0.6) is 0 Å². The molecule has 0 aliphatic rings. The Kier molecular flexibility index (Phi) is 4.10. The van der Waals surface area contributed by atoms with Crippen LogP contribution in [0.2, 0.25) is 0 Å². The summed E-state index contributed by atoms with van der Waals surface area (Å²) in [6.45, 7) is 3.15. The van der Waals surface area contributed by atoms with Gasteiger partial charge in [-0.1, -0.05) is 0 Å². The Bertz CT molecular complexity index is 399. The summed E-state index contributed by atoms with van der Waals surface area (Å²) in [5.41, 5.74) is 0. The topological polar surface area (TPSA) is 76.0 Å². The Morgan fingerprint density at radius 2 is 2.27 bits per heavy atom. The van der Waals surface area contributed by atoms with E-state index in [0.717, 1.165) is 6.54 Å². The Balaban J connectivity index is 2.45. The Morgan fingerprint density at radius 1 is 1.53 bits per heavy atom. The zero-order chi connectivity index (χ0) is 11.3. The second-order valence-electron chi connectivity index (χ2n) is 2.99. The molecule has 0 bridgehead atoms. The number of sulfonamides is 1. The molecular formula is C8H16N4O2S. The van der Waals surface area contributed by atoms with Crippen LogP contribution in [0.1, 0.15) is 6.92 Å². The number of aromatic nitrogens is 2. The van der Waals surface area contributed by atoms with Gasteiger partial charge in [-0.15, -0.1) is 0 Å². The zero-order valence-electron chi connectivity index (χ0n) is 8.90. The Hall–Kier alpha value is -1.08. The van der Waals surface area contributed by atoms with E-state index in [1.54, 1.807) is 6.20 Å². The highest BCUT2D eigenvalue weighted by atomic mass is 32.2. The summed E-state index contributed by atoms with van der Waals surface area (Å²) in [5.74, 6) is 0.740. The Labute approximate surface area is 89.8 Å². The van der Waals surface area contributed by atoms with Gasteiger partial charge in [0.1, 0.15) is 0 Å². The van der Waals surface area contributed by atoms with Gasteiger partial charge in [0, 0.05) is 25.5 Å². The molecule has 1 heterocycles. The molecular weight excluding hydrogens is 216 g/mol. The van der Waals surface area contributed by atoms with E-state index < -0.39 is 10.0 Å². The van der Waals surface area contributed by atoms with Gasteiger partial charge in [0.05, 0.1) is 5.75 Å². The molecule has 0 aliphatic heterocycles. The summed E-state index contributed by atoms with van der Waals surface area (Å²) >= 11 is 0. The van der Waals surface area contributed by atoms with Gasteiger partial charge in [-0.3, -0.25) is 0 Å². The minimum atomic E-state index is -3.14. The van der Waals surface area contributed by atoms with Gasteiger partial charge in [0.2, 0.25) is 16.0 Å². The molecule has 0 saturated heterocycles. The average Bonchev–Trinajstić information content (AvgIpc) is 2.65. The van der Waals surface area contributed by atoms with E-state index in [9.17, 15) is 8.42 Å². The lowest BCUT2D eigenvalue weighted by Gasteiger charge is -2.07. The van der Waals surface area contributed by atoms with Gasteiger partial charge >= 0.3 is 0 Å². The van der Waals surface area contributed by atoms with Crippen molar-refractivity contribution in [2.45, 2.75) is 13.5 Å². The fraction of sp³-hybridized carbons (Fsp3) is 0.625. The molecule has 0 amide bonds. The van der Waals surface area contributed by atoms with Crippen molar-refractivity contribution in [2.24, 2.45) is 0 Å². The molecule has 0 unspecified atom stereocenters. The number of nitrogens with zero attached hydrogens (tertiary/aromatic N) is 2. The fourth-order valence-electron chi connectivity index (χ4n) is 1.13. The average molecular weight is 232 g/mol. The standard InChI is InChI=1S/C8H16N4O2S/c1-3-12-6-4-10-8(12)11-5-7-15(13,14)9-2/h4,6,9H,3,5,7H2,1-2H3,(H,10,11). The van der Waals surface area contributed by atoms with Crippen LogP contribution in [-0.2, 0) is 16.6 Å². The maximum Gasteiger partial charge on any atom is 0.213 e. The monoisotopic (exact) mass is 232 g/mol. The van der Waals surface area contributed by atoms with Crippen LogP contribution in [0.3, 0.4) is 0 Å². The van der Waals surface area contributed by atoms with E-state index in [0.29, 0.717) is 12.5 Å².